The first-order valence-electron chi connectivity index (χ1n) is 5.95. The Morgan fingerprint density at radius 2 is 2.19 bits per heavy atom. The molecule has 0 saturated carbocycles. The highest BCUT2D eigenvalue weighted by atomic mass is 35.5. The van der Waals surface area contributed by atoms with Crippen LogP contribution in [0.15, 0.2) is 36.5 Å². The van der Waals surface area contributed by atoms with Gasteiger partial charge in [0.05, 0.1) is 10.8 Å². The molecule has 1 heterocycles. The Hall–Kier alpha value is -2.65. The maximum Gasteiger partial charge on any atom is 0.270 e. The molecule has 2 rings (SSSR count). The van der Waals surface area contributed by atoms with Crippen LogP contribution in [-0.4, -0.2) is 9.91 Å². The van der Waals surface area contributed by atoms with Crippen molar-refractivity contribution in [2.24, 2.45) is 0 Å². The highest BCUT2D eigenvalue weighted by Crippen LogP contribution is 2.26. The summed E-state index contributed by atoms with van der Waals surface area (Å²) in [6.07, 6.45) is 1.52. The molecular formula is C14H10ClN3O3. The van der Waals surface area contributed by atoms with Crippen molar-refractivity contribution in [1.29, 1.82) is 5.26 Å². The van der Waals surface area contributed by atoms with Crippen molar-refractivity contribution in [1.82, 2.24) is 4.98 Å². The zero-order chi connectivity index (χ0) is 15.2. The molecule has 1 aromatic carbocycles. The number of non-ortho nitro benzene ring substituents is 1. The number of aromatic nitrogens is 1. The molecule has 21 heavy (non-hydrogen) atoms. The van der Waals surface area contributed by atoms with Crippen LogP contribution in [0.25, 0.3) is 0 Å². The fourth-order valence-electron chi connectivity index (χ4n) is 1.71. The number of benzene rings is 1. The molecule has 0 fully saturated rings. The maximum atomic E-state index is 10.7. The van der Waals surface area contributed by atoms with Crippen molar-refractivity contribution in [2.75, 3.05) is 0 Å². The number of nitriles is 1. The fourth-order valence-corrected chi connectivity index (χ4v) is 1.92. The lowest BCUT2D eigenvalue weighted by atomic mass is 10.2. The first-order valence-corrected chi connectivity index (χ1v) is 6.48. The van der Waals surface area contributed by atoms with Crippen molar-refractivity contribution in [2.45, 2.75) is 12.5 Å². The van der Waals surface area contributed by atoms with Gasteiger partial charge in [0.15, 0.2) is 0 Å². The van der Waals surface area contributed by atoms with Gasteiger partial charge < -0.3 is 4.74 Å². The molecule has 6 nitrogen and oxygen atoms in total. The molecule has 0 spiro atoms. The largest absolute Gasteiger partial charge is 0.489 e. The van der Waals surface area contributed by atoms with Crippen LogP contribution >= 0.6 is 11.6 Å². The Kier molecular flexibility index (Phi) is 4.69. The molecule has 0 amide bonds. The van der Waals surface area contributed by atoms with Crippen molar-refractivity contribution >= 4 is 17.3 Å². The Labute approximate surface area is 125 Å². The molecule has 0 radical (unpaired) electrons. The first-order chi connectivity index (χ1) is 10.1. The van der Waals surface area contributed by atoms with E-state index in [1.165, 1.54) is 24.4 Å². The predicted molar refractivity (Wildman–Crippen MR) is 75.9 cm³/mol. The van der Waals surface area contributed by atoms with Crippen molar-refractivity contribution in [3.63, 3.8) is 0 Å². The number of rotatable bonds is 5. The van der Waals surface area contributed by atoms with Crippen LogP contribution in [0.2, 0.25) is 0 Å². The zero-order valence-electron chi connectivity index (χ0n) is 10.8. The Morgan fingerprint density at radius 1 is 1.38 bits per heavy atom. The summed E-state index contributed by atoms with van der Waals surface area (Å²) in [5.41, 5.74) is 1.59. The third-order valence-corrected chi connectivity index (χ3v) is 3.02. The van der Waals surface area contributed by atoms with Gasteiger partial charge in [0.25, 0.3) is 5.69 Å². The second-order valence-electron chi connectivity index (χ2n) is 4.13. The van der Waals surface area contributed by atoms with Crippen molar-refractivity contribution < 1.29 is 9.66 Å². The first kappa shape index (κ1) is 14.8. The van der Waals surface area contributed by atoms with E-state index in [9.17, 15) is 10.1 Å². The van der Waals surface area contributed by atoms with Gasteiger partial charge in [-0.1, -0.05) is 0 Å². The number of ether oxygens (including phenoxy) is 1. The number of hydrogen-bond acceptors (Lipinski definition) is 5. The third kappa shape index (κ3) is 3.68. The summed E-state index contributed by atoms with van der Waals surface area (Å²) in [4.78, 5) is 14.1. The minimum Gasteiger partial charge on any atom is -0.489 e. The van der Waals surface area contributed by atoms with E-state index in [0.29, 0.717) is 17.0 Å². The van der Waals surface area contributed by atoms with E-state index in [1.54, 1.807) is 12.1 Å². The third-order valence-electron chi connectivity index (χ3n) is 2.73. The second kappa shape index (κ2) is 6.68. The normalized spacial score (nSPS) is 9.90. The standard InChI is InChI=1S/C14H10ClN3O3/c15-7-11-6-13(18(19)20)1-2-14(11)21-9-10-3-4-17-12(5-10)8-16/h1-6H,7,9H2. The van der Waals surface area contributed by atoms with Crippen molar-refractivity contribution in [3.8, 4) is 11.8 Å². The molecule has 0 unspecified atom stereocenters. The quantitative estimate of drug-likeness (QED) is 0.481. The molecule has 1 aromatic heterocycles. The number of nitro groups is 1. The van der Waals surface area contributed by atoms with Gasteiger partial charge in [-0.3, -0.25) is 10.1 Å². The van der Waals surface area contributed by atoms with Gasteiger partial charge in [0.2, 0.25) is 0 Å². The molecule has 0 aliphatic rings. The average Bonchev–Trinajstić information content (AvgIpc) is 2.52. The van der Waals surface area contributed by atoms with Crippen LogP contribution in [0.5, 0.6) is 5.75 Å². The molecular weight excluding hydrogens is 294 g/mol. The summed E-state index contributed by atoms with van der Waals surface area (Å²) in [5.74, 6) is 0.586. The van der Waals surface area contributed by atoms with Gasteiger partial charge >= 0.3 is 0 Å². The smallest absolute Gasteiger partial charge is 0.270 e. The summed E-state index contributed by atoms with van der Waals surface area (Å²) in [7, 11) is 0. The van der Waals surface area contributed by atoms with E-state index in [4.69, 9.17) is 21.6 Å². The molecule has 0 aliphatic heterocycles. The summed E-state index contributed by atoms with van der Waals surface area (Å²) in [5, 5.41) is 19.5. The topological polar surface area (TPSA) is 89.0 Å². The Morgan fingerprint density at radius 3 is 2.86 bits per heavy atom. The second-order valence-corrected chi connectivity index (χ2v) is 4.40. The minimum absolute atomic E-state index is 0.0336. The van der Waals surface area contributed by atoms with E-state index < -0.39 is 4.92 Å². The highest BCUT2D eigenvalue weighted by molar-refractivity contribution is 6.17. The Bertz CT molecular complexity index is 713. The molecule has 0 bridgehead atoms. The van der Waals surface area contributed by atoms with Crippen LogP contribution in [0.3, 0.4) is 0 Å². The lowest BCUT2D eigenvalue weighted by Crippen LogP contribution is -2.00. The molecule has 106 valence electrons. The average molecular weight is 304 g/mol. The maximum absolute atomic E-state index is 10.7. The van der Waals surface area contributed by atoms with Gasteiger partial charge in [0.1, 0.15) is 24.1 Å². The van der Waals surface area contributed by atoms with Gasteiger partial charge in [-0.2, -0.15) is 5.26 Å². The monoisotopic (exact) mass is 303 g/mol. The molecule has 2 aromatic rings. The van der Waals surface area contributed by atoms with E-state index in [-0.39, 0.29) is 18.2 Å². The van der Waals surface area contributed by atoms with Crippen LogP contribution in [0.1, 0.15) is 16.8 Å². The minimum atomic E-state index is -0.484. The number of alkyl halides is 1. The lowest BCUT2D eigenvalue weighted by Gasteiger charge is -2.10. The summed E-state index contributed by atoms with van der Waals surface area (Å²) in [6, 6.07) is 9.55. The van der Waals surface area contributed by atoms with E-state index in [2.05, 4.69) is 4.98 Å². The van der Waals surface area contributed by atoms with E-state index >= 15 is 0 Å². The van der Waals surface area contributed by atoms with Gasteiger partial charge in [0, 0.05) is 23.9 Å². The molecule has 0 atom stereocenters. The number of nitro benzene ring substituents is 1. The fraction of sp³-hybridized carbons (Fsp3) is 0.143. The Balaban J connectivity index is 2.16. The van der Waals surface area contributed by atoms with Crippen molar-refractivity contribution in [3.05, 3.63) is 63.5 Å². The number of nitrogens with zero attached hydrogens (tertiary/aromatic N) is 3. The van der Waals surface area contributed by atoms with Crippen LogP contribution in [-0.2, 0) is 12.5 Å². The summed E-state index contributed by atoms with van der Waals surface area (Å²) < 4.78 is 5.60. The van der Waals surface area contributed by atoms with E-state index in [1.807, 2.05) is 6.07 Å². The molecule has 0 aliphatic carbocycles. The van der Waals surface area contributed by atoms with Gasteiger partial charge in [-0.25, -0.2) is 4.98 Å². The summed E-state index contributed by atoms with van der Waals surface area (Å²) >= 11 is 5.78. The SMILES string of the molecule is N#Cc1cc(COc2ccc([N+](=O)[O-])cc2CCl)ccn1. The number of pyridine rings is 1. The highest BCUT2D eigenvalue weighted by Gasteiger charge is 2.11. The number of hydrogen-bond donors (Lipinski definition) is 0. The van der Waals surface area contributed by atoms with Gasteiger partial charge in [-0.15, -0.1) is 11.6 Å². The molecule has 0 saturated heterocycles. The summed E-state index contributed by atoms with van der Waals surface area (Å²) in [6.45, 7) is 0.221. The van der Waals surface area contributed by atoms with E-state index in [0.717, 1.165) is 5.56 Å². The molecule has 0 N–H and O–H groups in total. The predicted octanol–water partition coefficient (Wildman–Crippen LogP) is 3.18. The van der Waals surface area contributed by atoms with Crippen LogP contribution < -0.4 is 4.74 Å². The van der Waals surface area contributed by atoms with Gasteiger partial charge in [-0.05, 0) is 23.8 Å². The van der Waals surface area contributed by atoms with Crippen LogP contribution in [0, 0.1) is 21.4 Å². The molecule has 7 heteroatoms. The van der Waals surface area contributed by atoms with Crippen LogP contribution in [0.4, 0.5) is 5.69 Å². The number of halogens is 1. The lowest BCUT2D eigenvalue weighted by molar-refractivity contribution is -0.384. The zero-order valence-corrected chi connectivity index (χ0v) is 11.6.